The fourth-order valence-corrected chi connectivity index (χ4v) is 5.54. The minimum absolute atomic E-state index is 0.00394. The molecule has 0 saturated carbocycles. The van der Waals surface area contributed by atoms with Gasteiger partial charge in [-0.2, -0.15) is 0 Å². The molecule has 0 bridgehead atoms. The van der Waals surface area contributed by atoms with Gasteiger partial charge in [0.1, 0.15) is 29.6 Å². The molecule has 15 heteroatoms. The molecule has 1 aromatic heterocycles. The lowest BCUT2D eigenvalue weighted by molar-refractivity contribution is -0.179. The van der Waals surface area contributed by atoms with Crippen molar-refractivity contribution in [1.82, 2.24) is 15.2 Å². The molecule has 0 spiro atoms. The van der Waals surface area contributed by atoms with E-state index in [2.05, 4.69) is 15.5 Å². The number of methoxy groups -OCH3 is 1. The number of thioether (sulfide) groups is 1. The Bertz CT molecular complexity index is 986. The standard InChI is InChI=1S/C19H25N5O8S2/c1-4-11(25)31-9-32-17(28)19(7-29-2)6-24-15(27)13(16(24)34-8-19)22-14(26)12(23-30-3)10-5-33-18(20)21-10/h5,13,16H,4,6-9H2,1-3H3,(H2,20,21)(H,22,26)/t13?,16-,19?/m1/s1. The minimum Gasteiger partial charge on any atom is -0.428 e. The number of hydrogen-bond acceptors (Lipinski definition) is 13. The van der Waals surface area contributed by atoms with Crippen molar-refractivity contribution >= 4 is 57.7 Å². The van der Waals surface area contributed by atoms with Crippen molar-refractivity contribution in [1.29, 1.82) is 0 Å². The highest BCUT2D eigenvalue weighted by Crippen LogP contribution is 2.42. The first-order chi connectivity index (χ1) is 16.3. The molecule has 2 fully saturated rings. The van der Waals surface area contributed by atoms with E-state index in [0.717, 1.165) is 11.3 Å². The number of rotatable bonds is 10. The van der Waals surface area contributed by atoms with Crippen LogP contribution in [0.15, 0.2) is 10.5 Å². The Kier molecular flexibility index (Phi) is 8.33. The van der Waals surface area contributed by atoms with Crippen LogP contribution in [0.1, 0.15) is 19.0 Å². The van der Waals surface area contributed by atoms with Crippen molar-refractivity contribution < 1.29 is 38.2 Å². The fraction of sp³-hybridized carbons (Fsp3) is 0.579. The molecule has 3 rings (SSSR count). The Labute approximate surface area is 203 Å². The van der Waals surface area contributed by atoms with Gasteiger partial charge in [-0.25, -0.2) is 4.98 Å². The number of fused-ring (bicyclic) bond motifs is 1. The molecule has 0 radical (unpaired) electrons. The number of amides is 2. The van der Waals surface area contributed by atoms with E-state index in [1.54, 1.807) is 12.3 Å². The number of aromatic nitrogens is 1. The lowest BCUT2D eigenvalue weighted by Crippen LogP contribution is -2.74. The molecular weight excluding hydrogens is 490 g/mol. The number of nitrogens with zero attached hydrogens (tertiary/aromatic N) is 3. The highest BCUT2D eigenvalue weighted by Gasteiger charge is 2.58. The van der Waals surface area contributed by atoms with Crippen LogP contribution in [0.4, 0.5) is 5.13 Å². The van der Waals surface area contributed by atoms with E-state index in [0.29, 0.717) is 0 Å². The number of carbonyl (C=O) groups is 4. The molecule has 2 aliphatic heterocycles. The summed E-state index contributed by atoms with van der Waals surface area (Å²) in [7, 11) is 2.72. The Hall–Kier alpha value is -2.91. The van der Waals surface area contributed by atoms with Gasteiger partial charge in [0.2, 0.25) is 12.7 Å². The zero-order valence-corrected chi connectivity index (χ0v) is 20.4. The zero-order chi connectivity index (χ0) is 24.9. The number of esters is 2. The molecule has 186 valence electrons. The van der Waals surface area contributed by atoms with Crippen LogP contribution in [0.2, 0.25) is 0 Å². The van der Waals surface area contributed by atoms with E-state index in [-0.39, 0.29) is 47.8 Å². The molecule has 0 aliphatic carbocycles. The van der Waals surface area contributed by atoms with Crippen molar-refractivity contribution in [3.63, 3.8) is 0 Å². The summed E-state index contributed by atoms with van der Waals surface area (Å²) < 4.78 is 15.2. The van der Waals surface area contributed by atoms with Crippen molar-refractivity contribution in [2.75, 3.05) is 45.7 Å². The molecule has 0 aromatic carbocycles. The molecule has 2 amide bonds. The Balaban J connectivity index is 1.65. The maximum atomic E-state index is 12.8. The first-order valence-corrected chi connectivity index (χ1v) is 12.1. The number of oxime groups is 1. The van der Waals surface area contributed by atoms with Gasteiger partial charge >= 0.3 is 11.9 Å². The SMILES string of the molecule is CCC(=O)OCOC(=O)C1(COC)CS[C@@H]2C(NC(=O)C(=NOC)c3csc(N)n3)C(=O)N2C1. The largest absolute Gasteiger partial charge is 0.428 e. The predicted molar refractivity (Wildman–Crippen MR) is 122 cm³/mol. The molecule has 2 aliphatic rings. The summed E-state index contributed by atoms with van der Waals surface area (Å²) in [5.41, 5.74) is 4.61. The normalized spacial score (nSPS) is 24.0. The van der Waals surface area contributed by atoms with E-state index in [9.17, 15) is 19.2 Å². The van der Waals surface area contributed by atoms with Crippen LogP contribution in [-0.2, 0) is 38.2 Å². The van der Waals surface area contributed by atoms with Crippen LogP contribution in [0.3, 0.4) is 0 Å². The second-order valence-corrected chi connectivity index (χ2v) is 9.44. The quantitative estimate of drug-likeness (QED) is 0.136. The molecule has 13 nitrogen and oxygen atoms in total. The average Bonchev–Trinajstić information content (AvgIpc) is 3.26. The molecule has 3 N–H and O–H groups in total. The van der Waals surface area contributed by atoms with Crippen LogP contribution in [-0.4, -0.2) is 90.7 Å². The first kappa shape index (κ1) is 25.7. The monoisotopic (exact) mass is 515 g/mol. The highest BCUT2D eigenvalue weighted by molar-refractivity contribution is 8.00. The van der Waals surface area contributed by atoms with Crippen LogP contribution in [0, 0.1) is 5.41 Å². The Morgan fingerprint density at radius 3 is 2.74 bits per heavy atom. The topological polar surface area (TPSA) is 172 Å². The maximum absolute atomic E-state index is 12.8. The Morgan fingerprint density at radius 2 is 2.12 bits per heavy atom. The Morgan fingerprint density at radius 1 is 1.35 bits per heavy atom. The highest BCUT2D eigenvalue weighted by atomic mass is 32.2. The third kappa shape index (κ3) is 5.26. The molecule has 1 aromatic rings. The summed E-state index contributed by atoms with van der Waals surface area (Å²) in [4.78, 5) is 59.9. The third-order valence-corrected chi connectivity index (χ3v) is 7.41. The summed E-state index contributed by atoms with van der Waals surface area (Å²) >= 11 is 2.44. The van der Waals surface area contributed by atoms with Gasteiger partial charge in [0, 0.05) is 31.2 Å². The smallest absolute Gasteiger partial charge is 0.319 e. The average molecular weight is 516 g/mol. The molecule has 34 heavy (non-hydrogen) atoms. The summed E-state index contributed by atoms with van der Waals surface area (Å²) in [6.07, 6.45) is 0.153. The predicted octanol–water partition coefficient (Wildman–Crippen LogP) is -0.438. The lowest BCUT2D eigenvalue weighted by Gasteiger charge is -2.53. The summed E-state index contributed by atoms with van der Waals surface area (Å²) in [5.74, 6) is -1.88. The number of ether oxygens (including phenoxy) is 3. The van der Waals surface area contributed by atoms with E-state index >= 15 is 0 Å². The van der Waals surface area contributed by atoms with Gasteiger partial charge in [-0.1, -0.05) is 12.1 Å². The van der Waals surface area contributed by atoms with Gasteiger partial charge in [0.05, 0.1) is 6.61 Å². The van der Waals surface area contributed by atoms with Gasteiger partial charge < -0.3 is 35.0 Å². The number of carbonyl (C=O) groups excluding carboxylic acids is 4. The van der Waals surface area contributed by atoms with Crippen LogP contribution in [0.25, 0.3) is 0 Å². The van der Waals surface area contributed by atoms with E-state index in [4.69, 9.17) is 24.8 Å². The molecule has 2 saturated heterocycles. The number of β-lactam (4-membered cyclic amide) rings is 1. The van der Waals surface area contributed by atoms with Gasteiger partial charge in [-0.05, 0) is 0 Å². The number of nitrogens with two attached hydrogens (primary N) is 1. The van der Waals surface area contributed by atoms with E-state index in [1.807, 2.05) is 0 Å². The minimum atomic E-state index is -1.14. The van der Waals surface area contributed by atoms with Gasteiger partial charge in [0.25, 0.3) is 5.91 Å². The number of thiazole rings is 1. The van der Waals surface area contributed by atoms with E-state index in [1.165, 1.54) is 30.9 Å². The van der Waals surface area contributed by atoms with Crippen LogP contribution >= 0.6 is 23.1 Å². The third-order valence-electron chi connectivity index (χ3n) is 5.15. The molecular formula is C19H25N5O8S2. The fourth-order valence-electron chi connectivity index (χ4n) is 3.48. The molecule has 3 heterocycles. The maximum Gasteiger partial charge on any atom is 0.319 e. The molecule has 3 atom stereocenters. The number of hydrogen-bond donors (Lipinski definition) is 2. The number of anilines is 1. The van der Waals surface area contributed by atoms with Gasteiger partial charge in [0.15, 0.2) is 10.8 Å². The van der Waals surface area contributed by atoms with E-state index < -0.39 is 41.5 Å². The van der Waals surface area contributed by atoms with Crippen molar-refractivity contribution in [2.45, 2.75) is 24.8 Å². The summed E-state index contributed by atoms with van der Waals surface area (Å²) in [5, 5.41) is 7.79. The van der Waals surface area contributed by atoms with Crippen molar-refractivity contribution in [3.8, 4) is 0 Å². The zero-order valence-electron chi connectivity index (χ0n) is 18.8. The second kappa shape index (κ2) is 11.0. The number of nitrogens with one attached hydrogen (secondary N) is 1. The molecule has 2 unspecified atom stereocenters. The summed E-state index contributed by atoms with van der Waals surface area (Å²) in [6, 6.07) is -0.822. The van der Waals surface area contributed by atoms with Crippen molar-refractivity contribution in [2.24, 2.45) is 10.6 Å². The van der Waals surface area contributed by atoms with Crippen molar-refractivity contribution in [3.05, 3.63) is 11.1 Å². The first-order valence-electron chi connectivity index (χ1n) is 10.1. The van der Waals surface area contributed by atoms with Gasteiger partial charge in [-0.3, -0.25) is 19.2 Å². The van der Waals surface area contributed by atoms with Crippen LogP contribution in [0.5, 0.6) is 0 Å². The number of nitrogen functional groups attached to an aromatic ring is 1. The lowest BCUT2D eigenvalue weighted by atomic mass is 9.88. The van der Waals surface area contributed by atoms with Crippen LogP contribution < -0.4 is 11.1 Å². The van der Waals surface area contributed by atoms with Gasteiger partial charge in [-0.15, -0.1) is 23.1 Å². The summed E-state index contributed by atoms with van der Waals surface area (Å²) in [6.45, 7) is 1.14. The second-order valence-electron chi connectivity index (χ2n) is 7.45.